The molecule has 1 aromatic carbocycles. The fourth-order valence-electron chi connectivity index (χ4n) is 2.58. The topological polar surface area (TPSA) is 137 Å². The summed E-state index contributed by atoms with van der Waals surface area (Å²) in [7, 11) is -4.47. The number of nitrogens with one attached hydrogen (secondary N) is 1. The first-order valence-corrected chi connectivity index (χ1v) is 11.4. The molecule has 3 N–H and O–H groups in total. The molecule has 0 spiro atoms. The molecule has 1 heterocycles. The molecule has 0 bridgehead atoms. The highest BCUT2D eigenvalue weighted by Gasteiger charge is 2.38. The van der Waals surface area contributed by atoms with Crippen molar-refractivity contribution >= 4 is 33.5 Å². The number of nitrogens with zero attached hydrogens (tertiary/aromatic N) is 2. The van der Waals surface area contributed by atoms with Crippen LogP contribution in [-0.4, -0.2) is 54.8 Å². The third-order valence-electron chi connectivity index (χ3n) is 4.24. The van der Waals surface area contributed by atoms with Gasteiger partial charge in [0.05, 0.1) is 11.9 Å². The van der Waals surface area contributed by atoms with Gasteiger partial charge in [0.2, 0.25) is 0 Å². The van der Waals surface area contributed by atoms with Crippen LogP contribution in [0.5, 0.6) is 0 Å². The van der Waals surface area contributed by atoms with Gasteiger partial charge in [-0.25, -0.2) is 31.8 Å². The van der Waals surface area contributed by atoms with Crippen LogP contribution in [0.2, 0.25) is 0 Å². The molecule has 0 saturated carbocycles. The number of hydrogen-bond acceptors (Lipinski definition) is 6. The van der Waals surface area contributed by atoms with Gasteiger partial charge in [-0.1, -0.05) is 13.3 Å². The van der Waals surface area contributed by atoms with E-state index in [4.69, 9.17) is 9.90 Å². The highest BCUT2D eigenvalue weighted by molar-refractivity contribution is 7.92. The Hall–Kier alpha value is -3.49. The zero-order valence-electron chi connectivity index (χ0n) is 18.4. The summed E-state index contributed by atoms with van der Waals surface area (Å²) in [5, 5.41) is 16.6. The van der Waals surface area contributed by atoms with Crippen LogP contribution in [0.3, 0.4) is 0 Å². The number of pyridine rings is 1. The second kappa shape index (κ2) is 12.3. The number of hydrogen-bond donors (Lipinski definition) is 3. The van der Waals surface area contributed by atoms with Crippen LogP contribution in [0.4, 0.5) is 33.5 Å². The van der Waals surface area contributed by atoms with Crippen molar-refractivity contribution < 1.29 is 50.2 Å². The van der Waals surface area contributed by atoms with E-state index in [1.54, 1.807) is 4.90 Å². The number of halogens is 5. The number of aliphatic carboxylic acids is 1. The molecule has 2 rings (SSSR count). The average molecular weight is 527 g/mol. The van der Waals surface area contributed by atoms with Crippen LogP contribution < -0.4 is 9.62 Å². The van der Waals surface area contributed by atoms with E-state index in [0.29, 0.717) is 25.2 Å². The molecule has 9 nitrogen and oxygen atoms in total. The fourth-order valence-corrected chi connectivity index (χ4v) is 3.70. The number of aromatic carboxylic acids is 1. The summed E-state index contributed by atoms with van der Waals surface area (Å²) in [5.41, 5.74) is -0.366. The van der Waals surface area contributed by atoms with Crippen molar-refractivity contribution in [3.63, 3.8) is 0 Å². The van der Waals surface area contributed by atoms with Gasteiger partial charge in [-0.05, 0) is 37.6 Å². The van der Waals surface area contributed by atoms with Gasteiger partial charge >= 0.3 is 18.1 Å². The van der Waals surface area contributed by atoms with E-state index in [1.165, 1.54) is 0 Å². The lowest BCUT2D eigenvalue weighted by molar-refractivity contribution is -0.192. The fraction of sp³-hybridized carbons (Fsp3) is 0.350. The Morgan fingerprint density at radius 1 is 1.11 bits per heavy atom. The van der Waals surface area contributed by atoms with Crippen molar-refractivity contribution in [2.24, 2.45) is 0 Å². The first-order chi connectivity index (χ1) is 16.1. The lowest BCUT2D eigenvalue weighted by Crippen LogP contribution is -2.27. The highest BCUT2D eigenvalue weighted by atomic mass is 32.2. The molecule has 194 valence electrons. The van der Waals surface area contributed by atoms with Gasteiger partial charge in [0.1, 0.15) is 27.9 Å². The molecule has 0 unspecified atom stereocenters. The number of alkyl halides is 3. The van der Waals surface area contributed by atoms with Crippen molar-refractivity contribution in [3.8, 4) is 0 Å². The minimum absolute atomic E-state index is 0.170. The van der Waals surface area contributed by atoms with E-state index in [9.17, 15) is 40.3 Å². The zero-order valence-corrected chi connectivity index (χ0v) is 19.3. The van der Waals surface area contributed by atoms with E-state index in [1.807, 2.05) is 18.6 Å². The van der Waals surface area contributed by atoms with Crippen LogP contribution in [0, 0.1) is 11.6 Å². The third kappa shape index (κ3) is 8.66. The number of benzene rings is 1. The van der Waals surface area contributed by atoms with E-state index in [2.05, 4.69) is 4.98 Å². The van der Waals surface area contributed by atoms with Gasteiger partial charge < -0.3 is 15.1 Å². The van der Waals surface area contributed by atoms with Crippen LogP contribution in [-0.2, 0) is 14.8 Å². The average Bonchev–Trinajstić information content (AvgIpc) is 2.76. The number of aromatic nitrogens is 1. The minimum atomic E-state index is -5.08. The molecule has 15 heteroatoms. The molecule has 0 aliphatic carbocycles. The van der Waals surface area contributed by atoms with Crippen molar-refractivity contribution in [1.82, 2.24) is 4.98 Å². The quantitative estimate of drug-likeness (QED) is 0.415. The van der Waals surface area contributed by atoms with Gasteiger partial charge in [0, 0.05) is 13.1 Å². The second-order valence-corrected chi connectivity index (χ2v) is 8.47. The van der Waals surface area contributed by atoms with E-state index < -0.39 is 44.7 Å². The molecule has 0 amide bonds. The summed E-state index contributed by atoms with van der Waals surface area (Å²) in [6.45, 7) is 4.97. The van der Waals surface area contributed by atoms with E-state index in [0.717, 1.165) is 31.2 Å². The smallest absolute Gasteiger partial charge is 0.478 e. The van der Waals surface area contributed by atoms with Crippen molar-refractivity contribution in [1.29, 1.82) is 0 Å². The normalized spacial score (nSPS) is 11.3. The summed E-state index contributed by atoms with van der Waals surface area (Å²) in [6, 6.07) is 3.14. The predicted molar refractivity (Wildman–Crippen MR) is 115 cm³/mol. The standard InChI is InChI=1S/C18H21F2N3O4S.C2HF3O2/c1-3-5-8-23(4-2)17-14(18(24)25)10-13(11-21-17)22-28(26,27)16-9-12(19)6-7-15(16)20;3-2(4,5)1(6)7/h6-7,9-11,22H,3-5,8H2,1-2H3,(H,24,25);(H,6,7). The molecule has 0 radical (unpaired) electrons. The number of carbonyl (C=O) groups is 2. The maximum atomic E-state index is 13.8. The zero-order chi connectivity index (χ0) is 27.0. The molecular weight excluding hydrogens is 505 g/mol. The molecule has 0 atom stereocenters. The number of unbranched alkanes of at least 4 members (excludes halogenated alkanes) is 1. The van der Waals surface area contributed by atoms with Gasteiger partial charge in [-0.3, -0.25) is 4.72 Å². The van der Waals surface area contributed by atoms with Crippen LogP contribution in [0.15, 0.2) is 35.4 Å². The monoisotopic (exact) mass is 527 g/mol. The molecule has 2 aromatic rings. The second-order valence-electron chi connectivity index (χ2n) is 6.82. The number of carboxylic acids is 2. The molecule has 35 heavy (non-hydrogen) atoms. The summed E-state index contributed by atoms with van der Waals surface area (Å²) >= 11 is 0. The first-order valence-electron chi connectivity index (χ1n) is 9.90. The molecule has 0 saturated heterocycles. The Bertz CT molecular complexity index is 1160. The van der Waals surface area contributed by atoms with Crippen molar-refractivity contribution in [2.45, 2.75) is 37.8 Å². The third-order valence-corrected chi connectivity index (χ3v) is 5.63. The minimum Gasteiger partial charge on any atom is -0.478 e. The lowest BCUT2D eigenvalue weighted by atomic mass is 10.2. The Morgan fingerprint density at radius 2 is 1.71 bits per heavy atom. The largest absolute Gasteiger partial charge is 0.490 e. The number of carboxylic acid groups (broad SMARTS) is 2. The Morgan fingerprint density at radius 3 is 2.20 bits per heavy atom. The van der Waals surface area contributed by atoms with Crippen LogP contribution >= 0.6 is 0 Å². The molecule has 0 aliphatic rings. The van der Waals surface area contributed by atoms with Gasteiger partial charge in [0.15, 0.2) is 0 Å². The van der Waals surface area contributed by atoms with Crippen molar-refractivity contribution in [2.75, 3.05) is 22.7 Å². The summed E-state index contributed by atoms with van der Waals surface area (Å²) in [6.07, 6.45) is -2.19. The SMILES string of the molecule is CCCCN(CC)c1ncc(NS(=O)(=O)c2cc(F)ccc2F)cc1C(=O)O.O=C(O)C(F)(F)F. The summed E-state index contributed by atoms with van der Waals surface area (Å²) < 4.78 is 85.6. The number of sulfonamides is 1. The Labute approximate surface area is 197 Å². The molecule has 0 aliphatic heterocycles. The van der Waals surface area contributed by atoms with Gasteiger partial charge in [0.25, 0.3) is 10.0 Å². The Kier molecular flexibility index (Phi) is 10.4. The van der Waals surface area contributed by atoms with E-state index >= 15 is 0 Å². The summed E-state index contributed by atoms with van der Waals surface area (Å²) in [4.78, 5) is 25.5. The predicted octanol–water partition coefficient (Wildman–Crippen LogP) is 4.12. The molecule has 1 aromatic heterocycles. The summed E-state index contributed by atoms with van der Waals surface area (Å²) in [5.74, 6) is -5.88. The molecule has 0 fully saturated rings. The van der Waals surface area contributed by atoms with Crippen LogP contribution in [0.1, 0.15) is 37.0 Å². The lowest BCUT2D eigenvalue weighted by Gasteiger charge is -2.23. The van der Waals surface area contributed by atoms with E-state index in [-0.39, 0.29) is 17.1 Å². The van der Waals surface area contributed by atoms with Gasteiger partial charge in [-0.15, -0.1) is 0 Å². The van der Waals surface area contributed by atoms with Crippen LogP contribution in [0.25, 0.3) is 0 Å². The maximum Gasteiger partial charge on any atom is 0.490 e. The number of anilines is 2. The maximum absolute atomic E-state index is 13.8. The highest BCUT2D eigenvalue weighted by Crippen LogP contribution is 2.25. The van der Waals surface area contributed by atoms with Gasteiger partial charge in [-0.2, -0.15) is 13.2 Å². The van der Waals surface area contributed by atoms with Crippen molar-refractivity contribution in [3.05, 3.63) is 47.7 Å². The first kappa shape index (κ1) is 29.5. The molecular formula is C20H22F5N3O6S. The Balaban J connectivity index is 0.000000762. The number of rotatable bonds is 9.